The first-order valence-corrected chi connectivity index (χ1v) is 8.85. The molecule has 0 atom stereocenters. The summed E-state index contributed by atoms with van der Waals surface area (Å²) in [6.07, 6.45) is 0.740. The van der Waals surface area contributed by atoms with Crippen molar-refractivity contribution in [2.75, 3.05) is 39.3 Å². The van der Waals surface area contributed by atoms with Crippen LogP contribution in [0, 0.1) is 0 Å². The van der Waals surface area contributed by atoms with Crippen LogP contribution in [0.15, 0.2) is 16.3 Å². The molecule has 1 fully saturated rings. The molecule has 0 radical (unpaired) electrons. The molecular weight excluding hydrogens is 282 g/mol. The van der Waals surface area contributed by atoms with Crippen LogP contribution in [0.25, 0.3) is 0 Å². The van der Waals surface area contributed by atoms with Gasteiger partial charge in [-0.2, -0.15) is 4.31 Å². The number of rotatable bonds is 5. The van der Waals surface area contributed by atoms with E-state index in [4.69, 9.17) is 5.73 Å². The molecular formula is C12H21N3O2S2. The van der Waals surface area contributed by atoms with Crippen molar-refractivity contribution in [3.05, 3.63) is 17.0 Å². The lowest BCUT2D eigenvalue weighted by atomic mass is 10.3. The van der Waals surface area contributed by atoms with Crippen LogP contribution in [0.3, 0.4) is 0 Å². The zero-order valence-corrected chi connectivity index (χ0v) is 12.8. The molecule has 2 rings (SSSR count). The molecule has 0 aliphatic carbocycles. The van der Waals surface area contributed by atoms with E-state index in [1.54, 1.807) is 10.4 Å². The summed E-state index contributed by atoms with van der Waals surface area (Å²) in [6, 6.07) is 3.57. The van der Waals surface area contributed by atoms with Crippen LogP contribution < -0.4 is 5.73 Å². The lowest BCUT2D eigenvalue weighted by Gasteiger charge is -2.32. The highest BCUT2D eigenvalue weighted by Crippen LogP contribution is 2.25. The van der Waals surface area contributed by atoms with Gasteiger partial charge in [0.15, 0.2) is 0 Å². The number of piperazine rings is 1. The molecule has 7 heteroatoms. The Kier molecular flexibility index (Phi) is 4.97. The zero-order valence-electron chi connectivity index (χ0n) is 11.2. The van der Waals surface area contributed by atoms with E-state index in [1.807, 2.05) is 6.07 Å². The van der Waals surface area contributed by atoms with Gasteiger partial charge in [0.1, 0.15) is 4.21 Å². The second-order valence-corrected chi connectivity index (χ2v) is 7.93. The molecule has 0 unspecified atom stereocenters. The minimum Gasteiger partial charge on any atom is -0.330 e. The Labute approximate surface area is 119 Å². The van der Waals surface area contributed by atoms with Crippen LogP contribution in [0.4, 0.5) is 0 Å². The average molecular weight is 303 g/mol. The van der Waals surface area contributed by atoms with Crippen LogP contribution in [0.5, 0.6) is 0 Å². The van der Waals surface area contributed by atoms with Crippen LogP contribution in [0.1, 0.15) is 11.8 Å². The number of nitrogens with two attached hydrogens (primary N) is 1. The van der Waals surface area contributed by atoms with E-state index in [1.165, 1.54) is 11.3 Å². The van der Waals surface area contributed by atoms with E-state index in [-0.39, 0.29) is 0 Å². The summed E-state index contributed by atoms with van der Waals surface area (Å²) in [5.74, 6) is 0. The minimum atomic E-state index is -3.31. The fraction of sp³-hybridized carbons (Fsp3) is 0.667. The van der Waals surface area contributed by atoms with E-state index in [0.717, 1.165) is 30.9 Å². The van der Waals surface area contributed by atoms with Gasteiger partial charge in [-0.05, 0) is 31.6 Å². The largest absolute Gasteiger partial charge is 0.330 e. The number of hydrogen-bond acceptors (Lipinski definition) is 5. The van der Waals surface area contributed by atoms with E-state index < -0.39 is 10.0 Å². The number of likely N-dealkylation sites (N-methyl/N-ethyl adjacent to an activating group) is 1. The predicted octanol–water partition coefficient (Wildman–Crippen LogP) is 0.575. The van der Waals surface area contributed by atoms with Gasteiger partial charge >= 0.3 is 0 Å². The molecule has 0 bridgehead atoms. The molecule has 1 aromatic rings. The summed E-state index contributed by atoms with van der Waals surface area (Å²) in [7, 11) is -3.31. The third-order valence-electron chi connectivity index (χ3n) is 3.40. The second-order valence-electron chi connectivity index (χ2n) is 4.60. The van der Waals surface area contributed by atoms with Crippen molar-refractivity contribution in [2.24, 2.45) is 5.73 Å². The lowest BCUT2D eigenvalue weighted by Crippen LogP contribution is -2.48. The fourth-order valence-corrected chi connectivity index (χ4v) is 5.13. The van der Waals surface area contributed by atoms with Crippen molar-refractivity contribution >= 4 is 21.4 Å². The predicted molar refractivity (Wildman–Crippen MR) is 78.0 cm³/mol. The highest BCUT2D eigenvalue weighted by atomic mass is 32.2. The quantitative estimate of drug-likeness (QED) is 0.864. The van der Waals surface area contributed by atoms with Crippen LogP contribution in [-0.2, 0) is 16.4 Å². The molecule has 5 nitrogen and oxygen atoms in total. The summed E-state index contributed by atoms with van der Waals surface area (Å²) in [6.45, 7) is 6.43. The number of hydrogen-bond donors (Lipinski definition) is 1. The van der Waals surface area contributed by atoms with Crippen molar-refractivity contribution in [3.8, 4) is 0 Å². The number of nitrogens with zero attached hydrogens (tertiary/aromatic N) is 2. The van der Waals surface area contributed by atoms with Crippen LogP contribution in [0.2, 0.25) is 0 Å². The first-order valence-electron chi connectivity index (χ1n) is 6.59. The Balaban J connectivity index is 2.09. The maximum absolute atomic E-state index is 12.5. The fourth-order valence-electron chi connectivity index (χ4n) is 2.19. The van der Waals surface area contributed by atoms with Gasteiger partial charge in [-0.3, -0.25) is 0 Å². The molecule has 1 aliphatic heterocycles. The summed E-state index contributed by atoms with van der Waals surface area (Å²) < 4.78 is 27.0. The highest BCUT2D eigenvalue weighted by Gasteiger charge is 2.29. The number of thiophene rings is 1. The third kappa shape index (κ3) is 3.35. The Bertz CT molecular complexity index is 505. The Morgan fingerprint density at radius 3 is 2.53 bits per heavy atom. The summed E-state index contributed by atoms with van der Waals surface area (Å²) >= 11 is 1.34. The maximum Gasteiger partial charge on any atom is 0.252 e. The van der Waals surface area contributed by atoms with Gasteiger partial charge in [-0.15, -0.1) is 11.3 Å². The van der Waals surface area contributed by atoms with Gasteiger partial charge in [0.25, 0.3) is 10.0 Å². The first kappa shape index (κ1) is 14.9. The van der Waals surface area contributed by atoms with Crippen molar-refractivity contribution in [3.63, 3.8) is 0 Å². The minimum absolute atomic E-state index is 0.445. The molecule has 2 N–H and O–H groups in total. The van der Waals surface area contributed by atoms with Crippen LogP contribution in [-0.4, -0.2) is 56.9 Å². The molecule has 19 heavy (non-hydrogen) atoms. The van der Waals surface area contributed by atoms with Crippen LogP contribution >= 0.6 is 11.3 Å². The summed E-state index contributed by atoms with van der Waals surface area (Å²) in [4.78, 5) is 3.30. The summed E-state index contributed by atoms with van der Waals surface area (Å²) in [5, 5.41) is 0. The maximum atomic E-state index is 12.5. The van der Waals surface area contributed by atoms with Gasteiger partial charge < -0.3 is 10.6 Å². The Morgan fingerprint density at radius 1 is 1.26 bits per heavy atom. The molecule has 0 amide bonds. The molecule has 0 spiro atoms. The van der Waals surface area contributed by atoms with Crippen molar-refractivity contribution in [1.82, 2.24) is 9.21 Å². The van der Waals surface area contributed by atoms with Gasteiger partial charge in [-0.1, -0.05) is 6.92 Å². The Hall–Kier alpha value is -0.470. The highest BCUT2D eigenvalue weighted by molar-refractivity contribution is 7.91. The third-order valence-corrected chi connectivity index (χ3v) is 6.91. The van der Waals surface area contributed by atoms with Crippen molar-refractivity contribution < 1.29 is 8.42 Å². The molecule has 1 aliphatic rings. The number of sulfonamides is 1. The second kappa shape index (κ2) is 6.32. The van der Waals surface area contributed by atoms with Gasteiger partial charge in [0.05, 0.1) is 0 Å². The average Bonchev–Trinajstić information content (AvgIpc) is 2.89. The standard InChI is InChI=1S/C12H21N3O2S2/c1-2-14-7-9-15(10-8-14)19(16,17)12-4-3-11(18-12)5-6-13/h3-4H,2,5-10,13H2,1H3. The lowest BCUT2D eigenvalue weighted by molar-refractivity contribution is 0.196. The molecule has 1 saturated heterocycles. The molecule has 0 saturated carbocycles. The van der Waals surface area contributed by atoms with Gasteiger partial charge in [0, 0.05) is 31.1 Å². The smallest absolute Gasteiger partial charge is 0.252 e. The topological polar surface area (TPSA) is 66.6 Å². The van der Waals surface area contributed by atoms with Gasteiger partial charge in [0.2, 0.25) is 0 Å². The molecule has 108 valence electrons. The van der Waals surface area contributed by atoms with E-state index >= 15 is 0 Å². The monoisotopic (exact) mass is 303 g/mol. The van der Waals surface area contributed by atoms with Crippen molar-refractivity contribution in [2.45, 2.75) is 17.6 Å². The van der Waals surface area contributed by atoms with Gasteiger partial charge in [-0.25, -0.2) is 8.42 Å². The molecule has 1 aromatic heterocycles. The first-order chi connectivity index (χ1) is 9.07. The van der Waals surface area contributed by atoms with E-state index in [0.29, 0.717) is 23.8 Å². The van der Waals surface area contributed by atoms with Crippen molar-refractivity contribution in [1.29, 1.82) is 0 Å². The van der Waals surface area contributed by atoms with E-state index in [2.05, 4.69) is 11.8 Å². The Morgan fingerprint density at radius 2 is 1.95 bits per heavy atom. The molecule has 2 heterocycles. The molecule has 0 aromatic carbocycles. The normalized spacial score (nSPS) is 18.8. The summed E-state index contributed by atoms with van der Waals surface area (Å²) in [5.41, 5.74) is 5.49. The zero-order chi connectivity index (χ0) is 13.9. The van der Waals surface area contributed by atoms with E-state index in [9.17, 15) is 8.42 Å². The SMILES string of the molecule is CCN1CCN(S(=O)(=O)c2ccc(CCN)s2)CC1.